The Kier molecular flexibility index (Phi) is 4.67. The van der Waals surface area contributed by atoms with Crippen molar-refractivity contribution in [3.8, 4) is 0 Å². The van der Waals surface area contributed by atoms with E-state index in [1.54, 1.807) is 6.07 Å². The van der Waals surface area contributed by atoms with E-state index in [0.717, 1.165) is 12.1 Å². The lowest BCUT2D eigenvalue weighted by Crippen LogP contribution is -2.33. The lowest BCUT2D eigenvalue weighted by Gasteiger charge is -2.22. The van der Waals surface area contributed by atoms with Crippen molar-refractivity contribution >= 4 is 27.7 Å². The lowest BCUT2D eigenvalue weighted by molar-refractivity contribution is 0.505. The van der Waals surface area contributed by atoms with Gasteiger partial charge in [0.25, 0.3) is 0 Å². The van der Waals surface area contributed by atoms with E-state index in [2.05, 4.69) is 21.2 Å². The molecule has 1 saturated heterocycles. The molecule has 1 aromatic rings. The summed E-state index contributed by atoms with van der Waals surface area (Å²) in [6, 6.07) is 5.77. The molecule has 1 nitrogen and oxygen atoms in total. The molecular formula is C12H15BrFNS. The number of nitrogens with one attached hydrogen (secondary N) is 1. The molecule has 16 heavy (non-hydrogen) atoms. The van der Waals surface area contributed by atoms with Gasteiger partial charge >= 0.3 is 0 Å². The summed E-state index contributed by atoms with van der Waals surface area (Å²) in [5, 5.41) is 3.49. The monoisotopic (exact) mass is 303 g/mol. The van der Waals surface area contributed by atoms with Gasteiger partial charge in [-0.3, -0.25) is 0 Å². The van der Waals surface area contributed by atoms with Gasteiger partial charge in [-0.25, -0.2) is 4.39 Å². The number of hydrogen-bond donors (Lipinski definition) is 1. The van der Waals surface area contributed by atoms with E-state index >= 15 is 0 Å². The average molecular weight is 304 g/mol. The third-order valence-corrected chi connectivity index (χ3v) is 4.88. The zero-order valence-corrected chi connectivity index (χ0v) is 11.4. The number of halogens is 2. The van der Waals surface area contributed by atoms with E-state index in [0.29, 0.717) is 10.5 Å². The number of thioether (sulfide) groups is 1. The Hall–Kier alpha value is -0.0600. The van der Waals surface area contributed by atoms with Crippen LogP contribution in [0.3, 0.4) is 0 Å². The van der Waals surface area contributed by atoms with Crippen LogP contribution < -0.4 is 5.32 Å². The van der Waals surface area contributed by atoms with Crippen LogP contribution in [-0.4, -0.2) is 17.5 Å². The van der Waals surface area contributed by atoms with Crippen molar-refractivity contribution in [3.63, 3.8) is 0 Å². The van der Waals surface area contributed by atoms with Gasteiger partial charge in [0, 0.05) is 18.3 Å². The maximum atomic E-state index is 13.3. The van der Waals surface area contributed by atoms with Crippen LogP contribution in [0.2, 0.25) is 0 Å². The zero-order valence-electron chi connectivity index (χ0n) is 9.01. The highest BCUT2D eigenvalue weighted by Crippen LogP contribution is 2.21. The van der Waals surface area contributed by atoms with Crippen LogP contribution in [-0.2, 0) is 6.54 Å². The van der Waals surface area contributed by atoms with Gasteiger partial charge in [-0.15, -0.1) is 0 Å². The molecule has 0 bridgehead atoms. The molecular weight excluding hydrogens is 289 g/mol. The molecule has 1 N–H and O–H groups in total. The lowest BCUT2D eigenvalue weighted by atomic mass is 10.1. The molecule has 4 heteroatoms. The van der Waals surface area contributed by atoms with E-state index in [4.69, 9.17) is 0 Å². The smallest absolute Gasteiger partial charge is 0.137 e. The maximum Gasteiger partial charge on any atom is 0.137 e. The van der Waals surface area contributed by atoms with Gasteiger partial charge in [0.15, 0.2) is 0 Å². The summed E-state index contributed by atoms with van der Waals surface area (Å²) < 4.78 is 13.9. The van der Waals surface area contributed by atoms with Gasteiger partial charge in [-0.05, 0) is 46.2 Å². The molecule has 0 aliphatic carbocycles. The molecule has 0 aromatic heterocycles. The predicted molar refractivity (Wildman–Crippen MR) is 71.3 cm³/mol. The number of benzene rings is 1. The van der Waals surface area contributed by atoms with Crippen molar-refractivity contribution in [2.45, 2.75) is 25.4 Å². The summed E-state index contributed by atoms with van der Waals surface area (Å²) >= 11 is 5.28. The number of rotatable bonds is 3. The summed E-state index contributed by atoms with van der Waals surface area (Å²) in [5.74, 6) is 2.27. The Morgan fingerprint density at radius 1 is 1.50 bits per heavy atom. The molecule has 0 saturated carbocycles. The molecule has 0 amide bonds. The topological polar surface area (TPSA) is 12.0 Å². The van der Waals surface area contributed by atoms with Crippen LogP contribution in [0, 0.1) is 5.82 Å². The summed E-state index contributed by atoms with van der Waals surface area (Å²) in [6.45, 7) is 0.740. The third-order valence-electron chi connectivity index (χ3n) is 2.77. The first-order valence-electron chi connectivity index (χ1n) is 5.51. The summed E-state index contributed by atoms with van der Waals surface area (Å²) in [5.41, 5.74) is 0.996. The van der Waals surface area contributed by atoms with Crippen molar-refractivity contribution < 1.29 is 4.39 Å². The van der Waals surface area contributed by atoms with Crippen molar-refractivity contribution in [2.75, 3.05) is 11.5 Å². The number of hydrogen-bond acceptors (Lipinski definition) is 2. The van der Waals surface area contributed by atoms with E-state index in [1.165, 1.54) is 30.4 Å². The van der Waals surface area contributed by atoms with Gasteiger partial charge in [0.2, 0.25) is 0 Å². The van der Waals surface area contributed by atoms with E-state index in [9.17, 15) is 4.39 Å². The molecule has 0 radical (unpaired) electrons. The van der Waals surface area contributed by atoms with E-state index in [1.807, 2.05) is 17.8 Å². The Bertz CT molecular complexity index is 353. The van der Waals surface area contributed by atoms with Crippen LogP contribution in [0.5, 0.6) is 0 Å². The van der Waals surface area contributed by atoms with Crippen molar-refractivity contribution in [3.05, 3.63) is 34.1 Å². The van der Waals surface area contributed by atoms with Gasteiger partial charge in [-0.1, -0.05) is 12.1 Å². The molecule has 88 valence electrons. The standard InChI is InChI=1S/C12H15BrFNS/c13-12-9(3-1-5-11(12)14)7-15-10-4-2-6-16-8-10/h1,3,5,10,15H,2,4,6-8H2. The highest BCUT2D eigenvalue weighted by atomic mass is 79.9. The molecule has 1 heterocycles. The van der Waals surface area contributed by atoms with Crippen LogP contribution in [0.1, 0.15) is 18.4 Å². The normalized spacial score (nSPS) is 21.0. The highest BCUT2D eigenvalue weighted by Gasteiger charge is 2.13. The molecule has 1 fully saturated rings. The Morgan fingerprint density at radius 3 is 3.12 bits per heavy atom. The van der Waals surface area contributed by atoms with Gasteiger partial charge < -0.3 is 5.32 Å². The van der Waals surface area contributed by atoms with Crippen LogP contribution in [0.25, 0.3) is 0 Å². The molecule has 1 unspecified atom stereocenters. The fraction of sp³-hybridized carbons (Fsp3) is 0.500. The second kappa shape index (κ2) is 6.03. The second-order valence-corrected chi connectivity index (χ2v) is 5.95. The first-order valence-corrected chi connectivity index (χ1v) is 7.46. The molecule has 1 aliphatic rings. The van der Waals surface area contributed by atoms with Crippen LogP contribution in [0.4, 0.5) is 4.39 Å². The Morgan fingerprint density at radius 2 is 2.38 bits per heavy atom. The minimum Gasteiger partial charge on any atom is -0.309 e. The fourth-order valence-corrected chi connectivity index (χ4v) is 3.35. The summed E-state index contributed by atoms with van der Waals surface area (Å²) in [4.78, 5) is 0. The highest BCUT2D eigenvalue weighted by molar-refractivity contribution is 9.10. The predicted octanol–water partition coefficient (Wildman–Crippen LogP) is 3.57. The van der Waals surface area contributed by atoms with Crippen molar-refractivity contribution in [1.29, 1.82) is 0 Å². The SMILES string of the molecule is Fc1cccc(CNC2CCCSC2)c1Br. The minimum absolute atomic E-state index is 0.183. The summed E-state index contributed by atoms with van der Waals surface area (Å²) in [7, 11) is 0. The first kappa shape index (κ1) is 12.4. The summed E-state index contributed by atoms with van der Waals surface area (Å²) in [6.07, 6.45) is 2.52. The molecule has 2 rings (SSSR count). The van der Waals surface area contributed by atoms with Crippen LogP contribution in [0.15, 0.2) is 22.7 Å². The largest absolute Gasteiger partial charge is 0.309 e. The Labute approximate surface area is 108 Å². The van der Waals surface area contributed by atoms with Crippen LogP contribution >= 0.6 is 27.7 Å². The van der Waals surface area contributed by atoms with E-state index < -0.39 is 0 Å². The molecule has 1 aliphatic heterocycles. The molecule has 0 spiro atoms. The second-order valence-electron chi connectivity index (χ2n) is 4.01. The van der Waals surface area contributed by atoms with Gasteiger partial charge in [0.1, 0.15) is 5.82 Å². The van der Waals surface area contributed by atoms with Crippen molar-refractivity contribution in [1.82, 2.24) is 5.32 Å². The van der Waals surface area contributed by atoms with E-state index in [-0.39, 0.29) is 5.82 Å². The third kappa shape index (κ3) is 3.22. The zero-order chi connectivity index (χ0) is 11.4. The van der Waals surface area contributed by atoms with Crippen molar-refractivity contribution in [2.24, 2.45) is 0 Å². The fourth-order valence-electron chi connectivity index (χ4n) is 1.84. The minimum atomic E-state index is -0.183. The maximum absolute atomic E-state index is 13.3. The van der Waals surface area contributed by atoms with Gasteiger partial charge in [-0.2, -0.15) is 11.8 Å². The first-order chi connectivity index (χ1) is 7.77. The van der Waals surface area contributed by atoms with Gasteiger partial charge in [0.05, 0.1) is 4.47 Å². The Balaban J connectivity index is 1.91. The molecule has 1 atom stereocenters. The molecule has 1 aromatic carbocycles. The average Bonchev–Trinajstić information content (AvgIpc) is 2.32. The quantitative estimate of drug-likeness (QED) is 0.916.